The van der Waals surface area contributed by atoms with Crippen molar-refractivity contribution in [3.8, 4) is 0 Å². The minimum Gasteiger partial charge on any atom is -0.382 e. The summed E-state index contributed by atoms with van der Waals surface area (Å²) >= 11 is 6.04. The molecular weight excluding hydrogens is 268 g/mol. The first kappa shape index (κ1) is 13.8. The van der Waals surface area contributed by atoms with E-state index in [1.807, 2.05) is 6.07 Å². The van der Waals surface area contributed by atoms with Gasteiger partial charge in [-0.05, 0) is 18.6 Å². The third-order valence-corrected chi connectivity index (χ3v) is 3.43. The molecule has 1 aromatic rings. The average molecular weight is 283 g/mol. The minimum atomic E-state index is -1.01. The van der Waals surface area contributed by atoms with E-state index in [9.17, 15) is 9.59 Å². The molecule has 0 bridgehead atoms. The SMILES string of the molecule is COC[C@@]1(C)NC(=O)N(Cc2ccccc2Cl)C1=O. The van der Waals surface area contributed by atoms with Crippen LogP contribution in [-0.2, 0) is 16.1 Å². The maximum absolute atomic E-state index is 12.3. The highest BCUT2D eigenvalue weighted by molar-refractivity contribution is 6.31. The maximum Gasteiger partial charge on any atom is 0.325 e. The molecule has 3 amide bonds. The molecule has 1 saturated heterocycles. The van der Waals surface area contributed by atoms with E-state index in [0.717, 1.165) is 10.5 Å². The first-order chi connectivity index (χ1) is 8.98. The monoisotopic (exact) mass is 282 g/mol. The van der Waals surface area contributed by atoms with E-state index in [4.69, 9.17) is 16.3 Å². The highest BCUT2D eigenvalue weighted by atomic mass is 35.5. The summed E-state index contributed by atoms with van der Waals surface area (Å²) in [5.74, 6) is -0.306. The second kappa shape index (κ2) is 5.19. The third-order valence-electron chi connectivity index (χ3n) is 3.06. The third kappa shape index (κ3) is 2.57. The summed E-state index contributed by atoms with van der Waals surface area (Å²) in [7, 11) is 1.49. The number of carbonyl (C=O) groups excluding carboxylic acids is 2. The van der Waals surface area contributed by atoms with Gasteiger partial charge >= 0.3 is 6.03 Å². The van der Waals surface area contributed by atoms with Gasteiger partial charge in [0.25, 0.3) is 5.91 Å². The maximum atomic E-state index is 12.3. The van der Waals surface area contributed by atoms with Crippen LogP contribution in [0, 0.1) is 0 Å². The van der Waals surface area contributed by atoms with Gasteiger partial charge in [-0.2, -0.15) is 0 Å². The second-order valence-electron chi connectivity index (χ2n) is 4.68. The predicted molar refractivity (Wildman–Crippen MR) is 70.8 cm³/mol. The molecule has 0 aromatic heterocycles. The highest BCUT2D eigenvalue weighted by Crippen LogP contribution is 2.23. The van der Waals surface area contributed by atoms with E-state index in [0.29, 0.717) is 5.02 Å². The number of benzene rings is 1. The summed E-state index contributed by atoms with van der Waals surface area (Å²) < 4.78 is 4.98. The number of nitrogens with zero attached hydrogens (tertiary/aromatic N) is 1. The number of hydrogen-bond donors (Lipinski definition) is 1. The van der Waals surface area contributed by atoms with Crippen molar-refractivity contribution in [2.75, 3.05) is 13.7 Å². The minimum absolute atomic E-state index is 0.136. The molecule has 102 valence electrons. The normalized spacial score (nSPS) is 22.8. The summed E-state index contributed by atoms with van der Waals surface area (Å²) in [4.78, 5) is 25.3. The van der Waals surface area contributed by atoms with Gasteiger partial charge in [0.15, 0.2) is 0 Å². The Morgan fingerprint density at radius 1 is 1.37 bits per heavy atom. The molecule has 1 aliphatic rings. The molecule has 1 atom stereocenters. The number of halogens is 1. The summed E-state index contributed by atoms with van der Waals surface area (Å²) in [6, 6.07) is 6.70. The van der Waals surface area contributed by atoms with Crippen molar-refractivity contribution >= 4 is 23.5 Å². The van der Waals surface area contributed by atoms with Gasteiger partial charge in [-0.1, -0.05) is 29.8 Å². The lowest BCUT2D eigenvalue weighted by Gasteiger charge is -2.20. The average Bonchev–Trinajstić information content (AvgIpc) is 2.56. The molecule has 0 spiro atoms. The molecule has 1 aliphatic heterocycles. The zero-order chi connectivity index (χ0) is 14.0. The molecule has 5 nitrogen and oxygen atoms in total. The van der Waals surface area contributed by atoms with Gasteiger partial charge in [0, 0.05) is 12.1 Å². The fourth-order valence-corrected chi connectivity index (χ4v) is 2.27. The molecule has 0 unspecified atom stereocenters. The summed E-state index contributed by atoms with van der Waals surface area (Å²) in [6.45, 7) is 1.93. The molecule has 0 radical (unpaired) electrons. The Morgan fingerprint density at radius 3 is 2.68 bits per heavy atom. The molecule has 19 heavy (non-hydrogen) atoms. The van der Waals surface area contributed by atoms with Crippen molar-refractivity contribution in [2.45, 2.75) is 19.0 Å². The first-order valence-electron chi connectivity index (χ1n) is 5.84. The molecular formula is C13H15ClN2O3. The molecule has 0 saturated carbocycles. The fourth-order valence-electron chi connectivity index (χ4n) is 2.07. The van der Waals surface area contributed by atoms with E-state index in [2.05, 4.69) is 5.32 Å². The standard InChI is InChI=1S/C13H15ClN2O3/c1-13(8-19-2)11(17)16(12(18)15-13)7-9-5-3-4-6-10(9)14/h3-6H,7-8H2,1-2H3,(H,15,18)/t13-/m1/s1. The van der Waals surface area contributed by atoms with E-state index >= 15 is 0 Å². The molecule has 6 heteroatoms. The van der Waals surface area contributed by atoms with Crippen LogP contribution in [0.5, 0.6) is 0 Å². The second-order valence-corrected chi connectivity index (χ2v) is 5.09. The number of imide groups is 1. The summed E-state index contributed by atoms with van der Waals surface area (Å²) in [5, 5.41) is 3.17. The number of urea groups is 1. The zero-order valence-electron chi connectivity index (χ0n) is 10.8. The number of hydrogen-bond acceptors (Lipinski definition) is 3. The molecule has 1 aromatic carbocycles. The van der Waals surface area contributed by atoms with E-state index in [1.54, 1.807) is 25.1 Å². The van der Waals surface area contributed by atoms with Crippen LogP contribution in [0.4, 0.5) is 4.79 Å². The molecule has 2 rings (SSSR count). The van der Waals surface area contributed by atoms with Gasteiger partial charge in [0.2, 0.25) is 0 Å². The van der Waals surface area contributed by atoms with Crippen molar-refractivity contribution in [3.05, 3.63) is 34.9 Å². The summed E-state index contributed by atoms with van der Waals surface area (Å²) in [6.07, 6.45) is 0. The largest absolute Gasteiger partial charge is 0.382 e. The Kier molecular flexibility index (Phi) is 3.78. The van der Waals surface area contributed by atoms with Crippen molar-refractivity contribution in [1.82, 2.24) is 10.2 Å². The number of amides is 3. The van der Waals surface area contributed by atoms with Crippen molar-refractivity contribution in [2.24, 2.45) is 0 Å². The van der Waals surface area contributed by atoms with Crippen LogP contribution in [0.2, 0.25) is 5.02 Å². The molecule has 1 fully saturated rings. The number of methoxy groups -OCH3 is 1. The van der Waals surface area contributed by atoms with Crippen LogP contribution in [0.25, 0.3) is 0 Å². The Morgan fingerprint density at radius 2 is 2.05 bits per heavy atom. The van der Waals surface area contributed by atoms with Gasteiger partial charge in [-0.3, -0.25) is 9.69 Å². The Hall–Kier alpha value is -1.59. The van der Waals surface area contributed by atoms with Crippen LogP contribution in [0.1, 0.15) is 12.5 Å². The number of nitrogens with one attached hydrogen (secondary N) is 1. The van der Waals surface area contributed by atoms with Crippen LogP contribution in [0.3, 0.4) is 0 Å². The predicted octanol–water partition coefficient (Wildman–Crippen LogP) is 1.80. The van der Waals surface area contributed by atoms with Gasteiger partial charge in [0.05, 0.1) is 13.2 Å². The summed E-state index contributed by atoms with van der Waals surface area (Å²) in [5.41, 5.74) is -0.276. The van der Waals surface area contributed by atoms with Crippen molar-refractivity contribution in [1.29, 1.82) is 0 Å². The van der Waals surface area contributed by atoms with Gasteiger partial charge in [0.1, 0.15) is 5.54 Å². The Labute approximate surface area is 116 Å². The lowest BCUT2D eigenvalue weighted by Crippen LogP contribution is -2.47. The lowest BCUT2D eigenvalue weighted by atomic mass is 10.0. The van der Waals surface area contributed by atoms with Gasteiger partial charge in [-0.15, -0.1) is 0 Å². The molecule has 1 N–H and O–H groups in total. The van der Waals surface area contributed by atoms with Crippen LogP contribution in [-0.4, -0.2) is 36.1 Å². The van der Waals surface area contributed by atoms with Crippen molar-refractivity contribution < 1.29 is 14.3 Å². The highest BCUT2D eigenvalue weighted by Gasteiger charge is 2.47. The van der Waals surface area contributed by atoms with Gasteiger partial charge < -0.3 is 10.1 Å². The molecule has 1 heterocycles. The first-order valence-corrected chi connectivity index (χ1v) is 6.22. The van der Waals surface area contributed by atoms with Gasteiger partial charge in [-0.25, -0.2) is 4.79 Å². The molecule has 0 aliphatic carbocycles. The van der Waals surface area contributed by atoms with E-state index in [1.165, 1.54) is 7.11 Å². The Bertz CT molecular complexity index is 520. The van der Waals surface area contributed by atoms with Crippen LogP contribution < -0.4 is 5.32 Å². The van der Waals surface area contributed by atoms with E-state index < -0.39 is 11.6 Å². The van der Waals surface area contributed by atoms with Crippen LogP contribution in [0.15, 0.2) is 24.3 Å². The fraction of sp³-hybridized carbons (Fsp3) is 0.385. The zero-order valence-corrected chi connectivity index (χ0v) is 11.5. The van der Waals surface area contributed by atoms with Crippen LogP contribution >= 0.6 is 11.6 Å². The smallest absolute Gasteiger partial charge is 0.325 e. The lowest BCUT2D eigenvalue weighted by molar-refractivity contribution is -0.132. The topological polar surface area (TPSA) is 58.6 Å². The Balaban J connectivity index is 2.20. The quantitative estimate of drug-likeness (QED) is 0.857. The number of ether oxygens (including phenoxy) is 1. The van der Waals surface area contributed by atoms with Crippen molar-refractivity contribution in [3.63, 3.8) is 0 Å². The van der Waals surface area contributed by atoms with E-state index in [-0.39, 0.29) is 19.1 Å². The number of rotatable bonds is 4. The number of carbonyl (C=O) groups is 2.